The molecule has 4 heterocycles. The van der Waals surface area contributed by atoms with Crippen molar-refractivity contribution in [2.24, 2.45) is 40.9 Å². The number of allylic oxidation sites excluding steroid dienone is 6. The maximum atomic E-state index is 14.8. The highest BCUT2D eigenvalue weighted by atomic mass is 28.4. The second-order valence-corrected chi connectivity index (χ2v) is 30.1. The molecule has 1 saturated carbocycles. The highest BCUT2D eigenvalue weighted by Crippen LogP contribution is 2.40. The molecule has 0 aromatic carbocycles. The number of esters is 2. The van der Waals surface area contributed by atoms with E-state index in [0.717, 1.165) is 10.5 Å². The second-order valence-electron chi connectivity index (χ2n) is 25.6. The van der Waals surface area contributed by atoms with Gasteiger partial charge in [0, 0.05) is 58.4 Å². The van der Waals surface area contributed by atoms with Gasteiger partial charge in [0.05, 0.1) is 41.7 Å². The number of ether oxygens (including phenoxy) is 8. The average molecular weight is 1150 g/mol. The van der Waals surface area contributed by atoms with Crippen LogP contribution in [-0.4, -0.2) is 155 Å². The number of nitrogens with zero attached hydrogens (tertiary/aromatic N) is 1. The lowest BCUT2D eigenvalue weighted by Crippen LogP contribution is -2.61. The molecule has 17 nitrogen and oxygen atoms in total. The fourth-order valence-corrected chi connectivity index (χ4v) is 13.0. The van der Waals surface area contributed by atoms with Crippen LogP contribution in [0.1, 0.15) is 150 Å². The molecule has 4 aliphatic heterocycles. The quantitative estimate of drug-likeness (QED) is 0.123. The number of ketones is 3. The van der Waals surface area contributed by atoms with Gasteiger partial charge in [-0.15, -0.1) is 0 Å². The van der Waals surface area contributed by atoms with Crippen LogP contribution >= 0.6 is 0 Å². The number of piperidine rings is 1. The molecular weight excluding hydrogens is 1040 g/mol. The largest absolute Gasteiger partial charge is 0.460 e. The highest BCUT2D eigenvalue weighted by molar-refractivity contribution is 6.69. The minimum atomic E-state index is -2.83. The number of hydrogen-bond acceptors (Lipinski definition) is 16. The maximum Gasteiger partial charge on any atom is 0.329 e. The molecule has 5 rings (SSSR count). The maximum absolute atomic E-state index is 14.8. The third-order valence-corrected chi connectivity index (χ3v) is 18.0. The lowest BCUT2D eigenvalue weighted by molar-refractivity contribution is -0.283. The predicted octanol–water partition coefficient (Wildman–Crippen LogP) is 9.38. The van der Waals surface area contributed by atoms with Gasteiger partial charge in [0.2, 0.25) is 5.79 Å². The average Bonchev–Trinajstić information content (AvgIpc) is 3.47. The van der Waals surface area contributed by atoms with Crippen molar-refractivity contribution >= 4 is 43.5 Å². The van der Waals surface area contributed by atoms with E-state index in [9.17, 15) is 33.9 Å². The summed E-state index contributed by atoms with van der Waals surface area (Å²) in [6.07, 6.45) is 9.26. The van der Waals surface area contributed by atoms with Crippen molar-refractivity contribution in [1.29, 1.82) is 0 Å². The molecule has 4 fully saturated rings. The number of cyclic esters (lactones) is 1. The van der Waals surface area contributed by atoms with Gasteiger partial charge in [-0.2, -0.15) is 0 Å². The molecule has 5 aliphatic rings. The summed E-state index contributed by atoms with van der Waals surface area (Å²) in [6, 6.07) is -1.24. The topological polar surface area (TPSA) is 209 Å². The monoisotopic (exact) mass is 1140 g/mol. The summed E-state index contributed by atoms with van der Waals surface area (Å²) in [7, 11) is -2.13. The molecule has 1 N–H and O–H groups in total. The van der Waals surface area contributed by atoms with Crippen LogP contribution in [-0.2, 0) is 71.1 Å². The van der Waals surface area contributed by atoms with Gasteiger partial charge < -0.3 is 52.3 Å². The van der Waals surface area contributed by atoms with E-state index in [1.54, 1.807) is 47.8 Å². The Balaban J connectivity index is 1.51. The van der Waals surface area contributed by atoms with Crippen molar-refractivity contribution < 1.29 is 80.3 Å². The number of hydrogen-bond donors (Lipinski definition) is 1. The minimum absolute atomic E-state index is 0.0141. The standard InChI is InChI=1S/C62H99NO16Si/c1-38-22-18-17-19-23-39(2)50(71-11)34-46-27-25-44(7)62(70,78-46)56(66)57(67)63-29-21-20-24-47(63)58(68)76-51(35-48(64)40(3)31-43(6)54(79-80(14,15)16)55(73-13)53(65)42(5)30-38)41(4)32-45-26-28-49(52(33-45)72-12)77-59(69)61(10)36-74-60(8,9)75-37-61/h17-19,22-23,31,38,41-47,49-52,54-55,70H,20-21,24-30,32-37H2,1-16H3/t38-,41-,42-,43?,44-,45+,46+,47+,49-,50+,51+,52-,54-,55+,62-/m1/s1/i12D3. The van der Waals surface area contributed by atoms with E-state index in [1.165, 1.54) is 7.11 Å². The molecule has 3 saturated heterocycles. The third-order valence-electron chi connectivity index (χ3n) is 17.0. The van der Waals surface area contributed by atoms with Gasteiger partial charge in [-0.3, -0.25) is 24.0 Å². The molecule has 1 amide bonds. The van der Waals surface area contributed by atoms with Crippen LogP contribution < -0.4 is 0 Å². The molecule has 0 aromatic heterocycles. The Morgan fingerprint density at radius 1 is 0.875 bits per heavy atom. The van der Waals surface area contributed by atoms with Gasteiger partial charge in [0.1, 0.15) is 29.8 Å². The Morgan fingerprint density at radius 2 is 1.57 bits per heavy atom. The number of aliphatic hydroxyl groups is 1. The zero-order valence-corrected chi connectivity index (χ0v) is 51.7. The first-order valence-electron chi connectivity index (χ1n) is 30.7. The number of rotatable bonds is 10. The van der Waals surface area contributed by atoms with Crippen molar-refractivity contribution in [1.82, 2.24) is 4.90 Å². The third kappa shape index (κ3) is 17.9. The Bertz CT molecular complexity index is 2370. The second kappa shape index (κ2) is 29.2. The zero-order chi connectivity index (χ0) is 62.0. The number of carbonyl (C=O) groups excluding carboxylic acids is 6. The highest BCUT2D eigenvalue weighted by Gasteiger charge is 2.53. The van der Waals surface area contributed by atoms with Crippen molar-refractivity contribution in [2.75, 3.05) is 41.0 Å². The molecule has 1 unspecified atom stereocenters. The van der Waals surface area contributed by atoms with Crippen LogP contribution in [0.4, 0.5) is 0 Å². The van der Waals surface area contributed by atoms with Crippen LogP contribution in [0.3, 0.4) is 0 Å². The Kier molecular flexibility index (Phi) is 22.7. The van der Waals surface area contributed by atoms with Gasteiger partial charge >= 0.3 is 11.9 Å². The van der Waals surface area contributed by atoms with Crippen LogP contribution in [0.15, 0.2) is 47.6 Å². The Hall–Kier alpha value is -3.72. The van der Waals surface area contributed by atoms with E-state index < -0.39 is 128 Å². The zero-order valence-electron chi connectivity index (χ0n) is 53.7. The summed E-state index contributed by atoms with van der Waals surface area (Å²) in [6.45, 7) is 24.2. The number of methoxy groups -OCH3 is 3. The van der Waals surface area contributed by atoms with Crippen molar-refractivity contribution in [2.45, 2.75) is 226 Å². The van der Waals surface area contributed by atoms with Gasteiger partial charge in [-0.25, -0.2) is 4.79 Å². The van der Waals surface area contributed by atoms with Gasteiger partial charge in [0.25, 0.3) is 11.7 Å². The number of fused-ring (bicyclic) bond motifs is 3. The first kappa shape index (κ1) is 62.3. The van der Waals surface area contributed by atoms with Crippen LogP contribution in [0.2, 0.25) is 19.6 Å². The summed E-state index contributed by atoms with van der Waals surface area (Å²) >= 11 is 0. The summed E-state index contributed by atoms with van der Waals surface area (Å²) in [4.78, 5) is 87.9. The molecule has 0 spiro atoms. The molecule has 452 valence electrons. The molecule has 15 atom stereocenters. The Labute approximate surface area is 482 Å². The summed E-state index contributed by atoms with van der Waals surface area (Å²) in [5, 5.41) is 12.1. The molecule has 80 heavy (non-hydrogen) atoms. The van der Waals surface area contributed by atoms with Crippen molar-refractivity contribution in [3.8, 4) is 0 Å². The first-order chi connectivity index (χ1) is 38.6. The smallest absolute Gasteiger partial charge is 0.329 e. The normalized spacial score (nSPS) is 36.3. The molecule has 2 bridgehead atoms. The fraction of sp³-hybridized carbons (Fsp3) is 0.774. The lowest BCUT2D eigenvalue weighted by Gasteiger charge is -2.43. The van der Waals surface area contributed by atoms with E-state index in [-0.39, 0.29) is 75.3 Å². The molecule has 18 heteroatoms. The number of Topliss-reactive ketones (excluding diaryl/α,β-unsaturated/α-hetero) is 3. The SMILES string of the molecule is [2H]C([2H])([2H])O[C@@H]1C[C@H](C[C@@H](C)[C@@H]2CC(=O)C(C)=CC(C)[C@@H](O[Si](C)(C)C)[C@@H](OC)C(=O)[C@H](C)C[C@H](C)C=CC=CC=C(C)[C@@H](OC)C[C@@H]3CC[C@@H](C)[C@@](O)(O3)C(=O)C(=O)N3CCCC[C@H]3C(=O)O2)CC[C@H]1OC(=O)C1(C)COC(C)(C)OC1. The van der Waals surface area contributed by atoms with Crippen molar-refractivity contribution in [3.05, 3.63) is 47.6 Å². The summed E-state index contributed by atoms with van der Waals surface area (Å²) in [5.74, 6) is -10.0. The van der Waals surface area contributed by atoms with E-state index in [1.807, 2.05) is 84.6 Å². The fourth-order valence-electron chi connectivity index (χ4n) is 11.8. The predicted molar refractivity (Wildman–Crippen MR) is 305 cm³/mol. The van der Waals surface area contributed by atoms with E-state index in [2.05, 4.69) is 0 Å². The van der Waals surface area contributed by atoms with Gasteiger partial charge in [0.15, 0.2) is 25.7 Å². The van der Waals surface area contributed by atoms with Crippen LogP contribution in [0.25, 0.3) is 0 Å². The van der Waals surface area contributed by atoms with Crippen LogP contribution in [0.5, 0.6) is 0 Å². The van der Waals surface area contributed by atoms with Gasteiger partial charge in [-0.1, -0.05) is 71.1 Å². The van der Waals surface area contributed by atoms with E-state index in [4.69, 9.17) is 46.4 Å². The summed E-state index contributed by atoms with van der Waals surface area (Å²) < 4.78 is 78.7. The van der Waals surface area contributed by atoms with E-state index in [0.29, 0.717) is 50.5 Å². The van der Waals surface area contributed by atoms with Crippen LogP contribution in [0, 0.1) is 40.9 Å². The van der Waals surface area contributed by atoms with Gasteiger partial charge in [-0.05, 0) is 147 Å². The summed E-state index contributed by atoms with van der Waals surface area (Å²) in [5.41, 5.74) is 0.0444. The first-order valence-corrected chi connectivity index (χ1v) is 32.6. The number of carbonyl (C=O) groups is 6. The number of amides is 1. The molecule has 0 aromatic rings. The molecule has 1 aliphatic carbocycles. The van der Waals surface area contributed by atoms with E-state index >= 15 is 0 Å². The minimum Gasteiger partial charge on any atom is -0.460 e. The molecule has 0 radical (unpaired) electrons. The molecular formula is C62H99NO16Si. The van der Waals surface area contributed by atoms with Crippen molar-refractivity contribution in [3.63, 3.8) is 0 Å². The lowest BCUT2D eigenvalue weighted by atomic mass is 9.78. The Morgan fingerprint density at radius 3 is 2.23 bits per heavy atom.